The molecule has 0 saturated carbocycles. The highest BCUT2D eigenvalue weighted by molar-refractivity contribution is 6.38. The Bertz CT molecular complexity index is 963. The lowest BCUT2D eigenvalue weighted by atomic mass is 10.0. The Morgan fingerprint density at radius 2 is 2.07 bits per heavy atom. The van der Waals surface area contributed by atoms with E-state index in [4.69, 9.17) is 10.2 Å². The molecule has 3 heterocycles. The molecule has 0 aliphatic carbocycles. The third kappa shape index (κ3) is 3.92. The molecule has 1 atom stereocenters. The fourth-order valence-electron chi connectivity index (χ4n) is 2.62. The van der Waals surface area contributed by atoms with Crippen molar-refractivity contribution in [2.45, 2.75) is 19.4 Å². The molecule has 138 valence electrons. The molecule has 1 unspecified atom stereocenters. The van der Waals surface area contributed by atoms with E-state index in [0.717, 1.165) is 0 Å². The number of hydrogen-bond acceptors (Lipinski definition) is 6. The number of ketones is 1. The summed E-state index contributed by atoms with van der Waals surface area (Å²) in [5, 5.41) is 2.53. The number of carbonyl (C=O) groups excluding carboxylic acids is 3. The number of carbonyl (C=O) groups is 3. The summed E-state index contributed by atoms with van der Waals surface area (Å²) in [6, 6.07) is 5.75. The van der Waals surface area contributed by atoms with Gasteiger partial charge in [-0.3, -0.25) is 19.0 Å². The number of rotatable bonds is 7. The molecule has 0 bridgehead atoms. The van der Waals surface area contributed by atoms with E-state index in [1.807, 2.05) is 0 Å². The second-order valence-corrected chi connectivity index (χ2v) is 5.84. The molecule has 0 aromatic carbocycles. The van der Waals surface area contributed by atoms with Gasteiger partial charge in [-0.1, -0.05) is 6.07 Å². The molecule has 0 aliphatic heterocycles. The van der Waals surface area contributed by atoms with Crippen LogP contribution in [0.4, 0.5) is 0 Å². The number of nitrogens with one attached hydrogen (secondary N) is 1. The zero-order valence-corrected chi connectivity index (χ0v) is 14.5. The SMILES string of the molecule is Cc1cnc(C(=O)NC(Cc2ccoc2)C(=O)C(N)=O)n1-c1ccccn1. The zero-order valence-electron chi connectivity index (χ0n) is 14.5. The maximum absolute atomic E-state index is 12.8. The molecule has 0 fully saturated rings. The summed E-state index contributed by atoms with van der Waals surface area (Å²) in [7, 11) is 0. The second kappa shape index (κ2) is 7.65. The van der Waals surface area contributed by atoms with Crippen LogP contribution in [0.5, 0.6) is 0 Å². The summed E-state index contributed by atoms with van der Waals surface area (Å²) in [4.78, 5) is 44.6. The molecule has 3 aromatic rings. The number of aromatic nitrogens is 3. The highest BCUT2D eigenvalue weighted by Crippen LogP contribution is 2.13. The van der Waals surface area contributed by atoms with Gasteiger partial charge in [-0.15, -0.1) is 0 Å². The first-order chi connectivity index (χ1) is 13.0. The van der Waals surface area contributed by atoms with Crippen molar-refractivity contribution in [3.8, 4) is 5.82 Å². The number of Topliss-reactive ketones (excluding diaryl/α,β-unsaturated/α-hetero) is 1. The highest BCUT2D eigenvalue weighted by atomic mass is 16.3. The van der Waals surface area contributed by atoms with Crippen LogP contribution in [-0.4, -0.2) is 38.2 Å². The summed E-state index contributed by atoms with van der Waals surface area (Å²) in [5.74, 6) is -2.12. The average Bonchev–Trinajstić information content (AvgIpc) is 3.30. The Morgan fingerprint density at radius 3 is 2.70 bits per heavy atom. The predicted molar refractivity (Wildman–Crippen MR) is 94.0 cm³/mol. The first-order valence-corrected chi connectivity index (χ1v) is 8.08. The van der Waals surface area contributed by atoms with Gasteiger partial charge in [0, 0.05) is 24.5 Å². The van der Waals surface area contributed by atoms with Gasteiger partial charge in [-0.2, -0.15) is 0 Å². The number of pyridine rings is 1. The van der Waals surface area contributed by atoms with Crippen LogP contribution in [0.15, 0.2) is 53.6 Å². The first-order valence-electron chi connectivity index (χ1n) is 8.08. The van der Waals surface area contributed by atoms with Gasteiger partial charge >= 0.3 is 0 Å². The van der Waals surface area contributed by atoms with Crippen molar-refractivity contribution in [3.63, 3.8) is 0 Å². The Morgan fingerprint density at radius 1 is 1.26 bits per heavy atom. The third-order valence-electron chi connectivity index (χ3n) is 3.90. The van der Waals surface area contributed by atoms with Crippen molar-refractivity contribution in [1.29, 1.82) is 0 Å². The van der Waals surface area contributed by atoms with Crippen molar-refractivity contribution in [2.24, 2.45) is 5.73 Å². The van der Waals surface area contributed by atoms with Gasteiger partial charge in [-0.05, 0) is 30.7 Å². The zero-order chi connectivity index (χ0) is 19.4. The van der Waals surface area contributed by atoms with Crippen LogP contribution in [0.1, 0.15) is 21.9 Å². The van der Waals surface area contributed by atoms with Crippen LogP contribution in [0.25, 0.3) is 5.82 Å². The maximum Gasteiger partial charge on any atom is 0.288 e. The first kappa shape index (κ1) is 18.1. The van der Waals surface area contributed by atoms with Crippen LogP contribution < -0.4 is 11.1 Å². The fourth-order valence-corrected chi connectivity index (χ4v) is 2.62. The van der Waals surface area contributed by atoms with Gasteiger partial charge in [0.05, 0.1) is 12.5 Å². The normalized spacial score (nSPS) is 11.7. The Kier molecular flexibility index (Phi) is 5.11. The quantitative estimate of drug-likeness (QED) is 0.586. The number of nitrogens with two attached hydrogens (primary N) is 1. The topological polar surface area (TPSA) is 133 Å². The van der Waals surface area contributed by atoms with Crippen molar-refractivity contribution >= 4 is 17.6 Å². The smallest absolute Gasteiger partial charge is 0.288 e. The van der Waals surface area contributed by atoms with Crippen molar-refractivity contribution in [3.05, 3.63) is 66.3 Å². The van der Waals surface area contributed by atoms with Crippen molar-refractivity contribution in [1.82, 2.24) is 19.9 Å². The van der Waals surface area contributed by atoms with E-state index in [9.17, 15) is 14.4 Å². The number of imidazole rings is 1. The monoisotopic (exact) mass is 367 g/mol. The molecule has 3 N–H and O–H groups in total. The van der Waals surface area contributed by atoms with Gasteiger partial charge in [-0.25, -0.2) is 9.97 Å². The van der Waals surface area contributed by atoms with E-state index < -0.39 is 23.6 Å². The molecule has 2 amide bonds. The Balaban J connectivity index is 1.88. The van der Waals surface area contributed by atoms with E-state index in [2.05, 4.69) is 15.3 Å². The molecule has 0 aliphatic rings. The lowest BCUT2D eigenvalue weighted by Crippen LogP contribution is -2.47. The molecule has 9 nitrogen and oxygen atoms in total. The lowest BCUT2D eigenvalue weighted by molar-refractivity contribution is -0.137. The average molecular weight is 367 g/mol. The van der Waals surface area contributed by atoms with Gasteiger partial charge in [0.25, 0.3) is 11.8 Å². The van der Waals surface area contributed by atoms with Crippen LogP contribution in [-0.2, 0) is 16.0 Å². The van der Waals surface area contributed by atoms with Crippen molar-refractivity contribution < 1.29 is 18.8 Å². The van der Waals surface area contributed by atoms with E-state index in [1.54, 1.807) is 42.0 Å². The molecular weight excluding hydrogens is 350 g/mol. The molecule has 3 rings (SSSR count). The summed E-state index contributed by atoms with van der Waals surface area (Å²) in [5.41, 5.74) is 6.44. The minimum Gasteiger partial charge on any atom is -0.472 e. The highest BCUT2D eigenvalue weighted by Gasteiger charge is 2.28. The molecule has 3 aromatic heterocycles. The number of nitrogens with zero attached hydrogens (tertiary/aromatic N) is 3. The van der Waals surface area contributed by atoms with E-state index in [0.29, 0.717) is 17.1 Å². The maximum atomic E-state index is 12.8. The third-order valence-corrected chi connectivity index (χ3v) is 3.90. The molecule has 9 heteroatoms. The molecular formula is C18H17N5O4. The Hall–Kier alpha value is -3.75. The molecule has 27 heavy (non-hydrogen) atoms. The summed E-state index contributed by atoms with van der Waals surface area (Å²) >= 11 is 0. The number of aryl methyl sites for hydroxylation is 1. The summed E-state index contributed by atoms with van der Waals surface area (Å²) < 4.78 is 6.52. The van der Waals surface area contributed by atoms with Crippen LogP contribution in [0.2, 0.25) is 0 Å². The summed E-state index contributed by atoms with van der Waals surface area (Å²) in [6.45, 7) is 1.77. The number of primary amides is 1. The minimum atomic E-state index is -1.14. The predicted octanol–water partition coefficient (Wildman–Crippen LogP) is 0.564. The molecule has 0 spiro atoms. The fraction of sp³-hybridized carbons (Fsp3) is 0.167. The van der Waals surface area contributed by atoms with Gasteiger partial charge in [0.15, 0.2) is 0 Å². The Labute approximate surface area is 154 Å². The van der Waals surface area contributed by atoms with E-state index in [-0.39, 0.29) is 12.2 Å². The summed E-state index contributed by atoms with van der Waals surface area (Å²) in [6.07, 6.45) is 6.03. The van der Waals surface area contributed by atoms with Gasteiger partial charge < -0.3 is 15.5 Å². The van der Waals surface area contributed by atoms with Gasteiger partial charge in [0.2, 0.25) is 11.6 Å². The lowest BCUT2D eigenvalue weighted by Gasteiger charge is -2.16. The number of furan rings is 1. The van der Waals surface area contributed by atoms with E-state index in [1.165, 1.54) is 18.7 Å². The van der Waals surface area contributed by atoms with Crippen LogP contribution in [0, 0.1) is 6.92 Å². The van der Waals surface area contributed by atoms with Crippen LogP contribution in [0.3, 0.4) is 0 Å². The molecule has 0 saturated heterocycles. The van der Waals surface area contributed by atoms with Crippen molar-refractivity contribution in [2.75, 3.05) is 0 Å². The van der Waals surface area contributed by atoms with Gasteiger partial charge in [0.1, 0.15) is 11.9 Å². The van der Waals surface area contributed by atoms with Crippen LogP contribution >= 0.6 is 0 Å². The van der Waals surface area contributed by atoms with E-state index >= 15 is 0 Å². The number of amides is 2. The second-order valence-electron chi connectivity index (χ2n) is 5.84. The molecule has 0 radical (unpaired) electrons. The largest absolute Gasteiger partial charge is 0.472 e. The minimum absolute atomic E-state index is 0.0423. The number of hydrogen-bond donors (Lipinski definition) is 2. The standard InChI is InChI=1S/C18H17N5O4/c1-11-9-21-17(23(11)14-4-2-3-6-20-14)18(26)22-13(15(24)16(19)25)8-12-5-7-27-10-12/h2-7,9-10,13H,8H2,1H3,(H2,19,25)(H,22,26).